The van der Waals surface area contributed by atoms with Crippen LogP contribution >= 0.6 is 0 Å². The maximum absolute atomic E-state index is 12.7. The maximum Gasteiger partial charge on any atom is 0.261 e. The normalized spacial score (nSPS) is 15.1. The number of aryl methyl sites for hydroxylation is 1. The van der Waals surface area contributed by atoms with Crippen LogP contribution < -0.4 is 5.56 Å². The summed E-state index contributed by atoms with van der Waals surface area (Å²) in [5.74, 6) is 0.574. The van der Waals surface area contributed by atoms with Crippen LogP contribution in [0.3, 0.4) is 0 Å². The van der Waals surface area contributed by atoms with Crippen molar-refractivity contribution in [3.8, 4) is 0 Å². The van der Waals surface area contributed by atoms with Crippen molar-refractivity contribution in [1.29, 1.82) is 0 Å². The standard InChI is InChI=1S/C24H24N4O2/c29-23(11-14-28-16-26-22-8-4-2-6-19(22)24(28)30)27-12-9-17(10-13-27)20-15-25-21-7-3-1-5-18(20)21/h1-8,15-17,25H,9-14H2. The van der Waals surface area contributed by atoms with Crippen LogP contribution in [0.2, 0.25) is 0 Å². The van der Waals surface area contributed by atoms with Crippen molar-refractivity contribution in [2.45, 2.75) is 31.7 Å². The number of likely N-dealkylation sites (tertiary alicyclic amines) is 1. The fourth-order valence-corrected chi connectivity index (χ4v) is 4.51. The Labute approximate surface area is 174 Å². The van der Waals surface area contributed by atoms with Gasteiger partial charge in [0, 0.05) is 43.2 Å². The van der Waals surface area contributed by atoms with Crippen LogP contribution in [0.5, 0.6) is 0 Å². The van der Waals surface area contributed by atoms with Gasteiger partial charge in [-0.3, -0.25) is 14.2 Å². The van der Waals surface area contributed by atoms with Gasteiger partial charge in [0.05, 0.1) is 17.2 Å². The van der Waals surface area contributed by atoms with Crippen LogP contribution in [-0.4, -0.2) is 38.4 Å². The summed E-state index contributed by atoms with van der Waals surface area (Å²) < 4.78 is 1.54. The van der Waals surface area contributed by atoms with Crippen molar-refractivity contribution in [3.63, 3.8) is 0 Å². The van der Waals surface area contributed by atoms with E-state index < -0.39 is 0 Å². The Morgan fingerprint density at radius 3 is 2.60 bits per heavy atom. The number of benzene rings is 2. The molecule has 30 heavy (non-hydrogen) atoms. The zero-order valence-corrected chi connectivity index (χ0v) is 16.8. The Morgan fingerprint density at radius 2 is 1.77 bits per heavy atom. The van der Waals surface area contributed by atoms with Crippen LogP contribution in [-0.2, 0) is 11.3 Å². The average molecular weight is 400 g/mol. The van der Waals surface area contributed by atoms with Crippen LogP contribution in [0, 0.1) is 0 Å². The number of carbonyl (C=O) groups excluding carboxylic acids is 1. The molecule has 1 fully saturated rings. The average Bonchev–Trinajstić information content (AvgIpc) is 3.23. The number of carbonyl (C=O) groups is 1. The quantitative estimate of drug-likeness (QED) is 0.568. The molecule has 1 amide bonds. The first kappa shape index (κ1) is 18.6. The van der Waals surface area contributed by atoms with Crippen LogP contribution in [0.25, 0.3) is 21.8 Å². The summed E-state index contributed by atoms with van der Waals surface area (Å²) in [7, 11) is 0. The lowest BCUT2D eigenvalue weighted by Gasteiger charge is -2.32. The van der Waals surface area contributed by atoms with E-state index in [0.29, 0.717) is 29.8 Å². The molecular weight excluding hydrogens is 376 g/mol. The van der Waals surface area contributed by atoms with Crippen LogP contribution in [0.4, 0.5) is 0 Å². The Hall–Kier alpha value is -3.41. The van der Waals surface area contributed by atoms with E-state index in [1.807, 2.05) is 29.2 Å². The lowest BCUT2D eigenvalue weighted by Crippen LogP contribution is -2.38. The molecule has 3 heterocycles. The molecule has 6 heteroatoms. The zero-order valence-electron chi connectivity index (χ0n) is 16.8. The lowest BCUT2D eigenvalue weighted by atomic mass is 9.89. The summed E-state index contributed by atoms with van der Waals surface area (Å²) in [6.07, 6.45) is 5.90. The number of para-hydroxylation sites is 2. The highest BCUT2D eigenvalue weighted by molar-refractivity contribution is 5.83. The van der Waals surface area contributed by atoms with Crippen molar-refractivity contribution in [1.82, 2.24) is 19.4 Å². The van der Waals surface area contributed by atoms with Crippen molar-refractivity contribution >= 4 is 27.7 Å². The summed E-state index contributed by atoms with van der Waals surface area (Å²) in [5, 5.41) is 1.87. The molecule has 0 bridgehead atoms. The molecular formula is C24H24N4O2. The number of amides is 1. The molecule has 4 aromatic rings. The number of aromatic amines is 1. The van der Waals surface area contributed by atoms with E-state index in [1.165, 1.54) is 16.5 Å². The van der Waals surface area contributed by atoms with E-state index in [2.05, 4.69) is 34.4 Å². The summed E-state index contributed by atoms with van der Waals surface area (Å²) in [4.78, 5) is 35.0. The second-order valence-corrected chi connectivity index (χ2v) is 7.95. The second-order valence-electron chi connectivity index (χ2n) is 7.95. The number of H-pyrrole nitrogens is 1. The van der Waals surface area contributed by atoms with Gasteiger partial charge < -0.3 is 9.88 Å². The van der Waals surface area contributed by atoms with E-state index in [9.17, 15) is 9.59 Å². The first-order valence-electron chi connectivity index (χ1n) is 10.5. The number of rotatable bonds is 4. The van der Waals surface area contributed by atoms with Gasteiger partial charge in [-0.25, -0.2) is 4.98 Å². The number of hydrogen-bond acceptors (Lipinski definition) is 3. The molecule has 1 aliphatic heterocycles. The molecule has 6 nitrogen and oxygen atoms in total. The molecule has 2 aromatic heterocycles. The molecule has 1 aliphatic rings. The Bertz CT molecular complexity index is 1260. The minimum Gasteiger partial charge on any atom is -0.361 e. The monoisotopic (exact) mass is 400 g/mol. The highest BCUT2D eigenvalue weighted by Gasteiger charge is 2.25. The fourth-order valence-electron chi connectivity index (χ4n) is 4.51. The Morgan fingerprint density at radius 1 is 1.03 bits per heavy atom. The first-order valence-corrected chi connectivity index (χ1v) is 10.5. The van der Waals surface area contributed by atoms with E-state index in [1.54, 1.807) is 17.0 Å². The van der Waals surface area contributed by atoms with E-state index in [0.717, 1.165) is 25.9 Å². The topological polar surface area (TPSA) is 71.0 Å². The van der Waals surface area contributed by atoms with Gasteiger partial charge in [0.15, 0.2) is 0 Å². The molecule has 0 unspecified atom stereocenters. The summed E-state index contributed by atoms with van der Waals surface area (Å²) in [6.45, 7) is 1.87. The van der Waals surface area contributed by atoms with Gasteiger partial charge in [-0.1, -0.05) is 30.3 Å². The number of hydrogen-bond donors (Lipinski definition) is 1. The number of nitrogens with one attached hydrogen (secondary N) is 1. The predicted octanol–water partition coefficient (Wildman–Crippen LogP) is 3.67. The van der Waals surface area contributed by atoms with Gasteiger partial charge >= 0.3 is 0 Å². The molecule has 2 aromatic carbocycles. The van der Waals surface area contributed by atoms with Crippen LogP contribution in [0.1, 0.15) is 30.7 Å². The summed E-state index contributed by atoms with van der Waals surface area (Å²) in [6, 6.07) is 15.7. The largest absolute Gasteiger partial charge is 0.361 e. The van der Waals surface area contributed by atoms with Crippen LogP contribution in [0.15, 0.2) is 65.8 Å². The second kappa shape index (κ2) is 7.78. The number of piperidine rings is 1. The summed E-state index contributed by atoms with van der Waals surface area (Å²) >= 11 is 0. The van der Waals surface area contributed by atoms with Crippen molar-refractivity contribution < 1.29 is 4.79 Å². The fraction of sp³-hybridized carbons (Fsp3) is 0.292. The molecule has 0 radical (unpaired) electrons. The van der Waals surface area contributed by atoms with Gasteiger partial charge in [0.25, 0.3) is 5.56 Å². The molecule has 1 N–H and O–H groups in total. The highest BCUT2D eigenvalue weighted by Crippen LogP contribution is 2.33. The van der Waals surface area contributed by atoms with E-state index in [4.69, 9.17) is 0 Å². The van der Waals surface area contributed by atoms with Gasteiger partial charge in [0.1, 0.15) is 0 Å². The SMILES string of the molecule is O=C(CCn1cnc2ccccc2c1=O)N1CCC(c2c[nH]c3ccccc23)CC1. The number of nitrogens with zero attached hydrogens (tertiary/aromatic N) is 3. The number of fused-ring (bicyclic) bond motifs is 2. The third-order valence-electron chi connectivity index (χ3n) is 6.21. The van der Waals surface area contributed by atoms with Crippen molar-refractivity contribution in [2.24, 2.45) is 0 Å². The third-order valence-corrected chi connectivity index (χ3v) is 6.21. The Balaban J connectivity index is 1.21. The van der Waals surface area contributed by atoms with Crippen molar-refractivity contribution in [3.05, 3.63) is 77.0 Å². The number of aromatic nitrogens is 3. The molecule has 0 spiro atoms. The Kier molecular flexibility index (Phi) is 4.83. The molecule has 0 atom stereocenters. The molecule has 0 aliphatic carbocycles. The van der Waals surface area contributed by atoms with Gasteiger partial charge in [-0.15, -0.1) is 0 Å². The minimum absolute atomic E-state index is 0.0913. The molecule has 152 valence electrons. The van der Waals surface area contributed by atoms with Gasteiger partial charge in [0.2, 0.25) is 5.91 Å². The summed E-state index contributed by atoms with van der Waals surface area (Å²) in [5.41, 5.74) is 3.11. The van der Waals surface area contributed by atoms with E-state index in [-0.39, 0.29) is 11.5 Å². The predicted molar refractivity (Wildman–Crippen MR) is 117 cm³/mol. The molecule has 0 saturated carbocycles. The van der Waals surface area contributed by atoms with E-state index >= 15 is 0 Å². The highest BCUT2D eigenvalue weighted by atomic mass is 16.2. The first-order chi connectivity index (χ1) is 14.7. The molecule has 1 saturated heterocycles. The lowest BCUT2D eigenvalue weighted by molar-refractivity contribution is -0.132. The zero-order chi connectivity index (χ0) is 20.5. The third kappa shape index (κ3) is 3.38. The molecule has 5 rings (SSSR count). The maximum atomic E-state index is 12.7. The van der Waals surface area contributed by atoms with Crippen molar-refractivity contribution in [2.75, 3.05) is 13.1 Å². The minimum atomic E-state index is -0.0913. The van der Waals surface area contributed by atoms with Gasteiger partial charge in [-0.05, 0) is 42.5 Å². The smallest absolute Gasteiger partial charge is 0.261 e. The van der Waals surface area contributed by atoms with Gasteiger partial charge in [-0.2, -0.15) is 0 Å².